The largest absolute Gasteiger partial charge is 0.478 e. The molecule has 108 valence electrons. The normalized spacial score (nSPS) is 18.8. The van der Waals surface area contributed by atoms with E-state index in [-0.39, 0.29) is 11.6 Å². The molecule has 3 N–H and O–H groups in total. The number of aromatic carboxylic acids is 1. The Kier molecular flexibility index (Phi) is 4.57. The highest BCUT2D eigenvalue weighted by Gasteiger charge is 2.20. The molecule has 1 aliphatic heterocycles. The zero-order chi connectivity index (χ0) is 14.5. The van der Waals surface area contributed by atoms with Crippen molar-refractivity contribution in [1.82, 2.24) is 10.2 Å². The third-order valence-electron chi connectivity index (χ3n) is 3.45. The van der Waals surface area contributed by atoms with Crippen LogP contribution in [0.1, 0.15) is 16.8 Å². The molecular formula is C14H19N3O3. The summed E-state index contributed by atoms with van der Waals surface area (Å²) in [6.45, 7) is 2.63. The van der Waals surface area contributed by atoms with Crippen LogP contribution in [0.2, 0.25) is 0 Å². The molecule has 1 heterocycles. The number of amides is 2. The van der Waals surface area contributed by atoms with Crippen LogP contribution in [0.15, 0.2) is 24.3 Å². The summed E-state index contributed by atoms with van der Waals surface area (Å²) in [6, 6.07) is 5.98. The molecule has 0 saturated carbocycles. The molecule has 6 nitrogen and oxygen atoms in total. The van der Waals surface area contributed by atoms with Crippen LogP contribution < -0.4 is 10.6 Å². The number of carbonyl (C=O) groups excluding carboxylic acids is 1. The number of likely N-dealkylation sites (tertiary alicyclic amines) is 1. The molecule has 0 aliphatic carbocycles. The predicted octanol–water partition coefficient (Wildman–Crippen LogP) is 1.46. The standard InChI is InChI=1S/C14H19N3O3/c1-17-7-6-10(9-17)8-15-14(20)16-12-5-3-2-4-11(12)13(18)19/h2-5,10H,6-9H2,1H3,(H,18,19)(H2,15,16,20). The second kappa shape index (κ2) is 6.38. The number of carboxylic acid groups (broad SMARTS) is 1. The van der Waals surface area contributed by atoms with Gasteiger partial charge in [-0.05, 0) is 38.1 Å². The molecule has 2 amide bonds. The van der Waals surface area contributed by atoms with E-state index in [1.807, 2.05) is 0 Å². The van der Waals surface area contributed by atoms with Crippen molar-refractivity contribution in [2.75, 3.05) is 32.0 Å². The Hall–Kier alpha value is -2.08. The molecule has 1 aliphatic rings. The van der Waals surface area contributed by atoms with Crippen molar-refractivity contribution >= 4 is 17.7 Å². The van der Waals surface area contributed by atoms with Crippen molar-refractivity contribution < 1.29 is 14.7 Å². The van der Waals surface area contributed by atoms with Gasteiger partial charge in [-0.2, -0.15) is 0 Å². The van der Waals surface area contributed by atoms with Gasteiger partial charge in [0.05, 0.1) is 11.3 Å². The third kappa shape index (κ3) is 3.71. The summed E-state index contributed by atoms with van der Waals surface area (Å²) in [5.41, 5.74) is 0.393. The summed E-state index contributed by atoms with van der Waals surface area (Å²) in [5, 5.41) is 14.4. The Morgan fingerprint density at radius 2 is 2.15 bits per heavy atom. The van der Waals surface area contributed by atoms with Gasteiger partial charge in [0, 0.05) is 13.1 Å². The molecule has 1 fully saturated rings. The van der Waals surface area contributed by atoms with Gasteiger partial charge in [-0.15, -0.1) is 0 Å². The van der Waals surface area contributed by atoms with Crippen molar-refractivity contribution in [2.24, 2.45) is 5.92 Å². The fourth-order valence-corrected chi connectivity index (χ4v) is 2.38. The number of nitrogens with zero attached hydrogens (tertiary/aromatic N) is 1. The minimum Gasteiger partial charge on any atom is -0.478 e. The quantitative estimate of drug-likeness (QED) is 0.778. The highest BCUT2D eigenvalue weighted by Crippen LogP contribution is 2.15. The van der Waals surface area contributed by atoms with Gasteiger partial charge in [0.25, 0.3) is 0 Å². The molecule has 2 rings (SSSR count). The third-order valence-corrected chi connectivity index (χ3v) is 3.45. The SMILES string of the molecule is CN1CCC(CNC(=O)Nc2ccccc2C(=O)O)C1. The number of para-hydroxylation sites is 1. The predicted molar refractivity (Wildman–Crippen MR) is 76.0 cm³/mol. The molecule has 20 heavy (non-hydrogen) atoms. The van der Waals surface area contributed by atoms with E-state index in [1.54, 1.807) is 18.2 Å². The lowest BCUT2D eigenvalue weighted by Crippen LogP contribution is -2.34. The van der Waals surface area contributed by atoms with Crippen LogP contribution in [0.25, 0.3) is 0 Å². The van der Waals surface area contributed by atoms with E-state index >= 15 is 0 Å². The lowest BCUT2D eigenvalue weighted by molar-refractivity contribution is 0.0698. The lowest BCUT2D eigenvalue weighted by Gasteiger charge is -2.13. The first-order valence-electron chi connectivity index (χ1n) is 6.62. The summed E-state index contributed by atoms with van der Waals surface area (Å²) < 4.78 is 0. The molecule has 0 radical (unpaired) electrons. The van der Waals surface area contributed by atoms with Crippen molar-refractivity contribution in [3.8, 4) is 0 Å². The molecular weight excluding hydrogens is 258 g/mol. The second-order valence-electron chi connectivity index (χ2n) is 5.10. The minimum atomic E-state index is -1.06. The van der Waals surface area contributed by atoms with Gasteiger partial charge >= 0.3 is 12.0 Å². The van der Waals surface area contributed by atoms with Crippen molar-refractivity contribution in [1.29, 1.82) is 0 Å². The van der Waals surface area contributed by atoms with Crippen LogP contribution in [0.5, 0.6) is 0 Å². The van der Waals surface area contributed by atoms with Crippen LogP contribution >= 0.6 is 0 Å². The number of benzene rings is 1. The van der Waals surface area contributed by atoms with Gasteiger partial charge in [0.1, 0.15) is 0 Å². The van der Waals surface area contributed by atoms with Crippen LogP contribution in [0.3, 0.4) is 0 Å². The molecule has 1 aromatic carbocycles. The van der Waals surface area contributed by atoms with Crippen molar-refractivity contribution in [2.45, 2.75) is 6.42 Å². The highest BCUT2D eigenvalue weighted by molar-refractivity contribution is 5.99. The van der Waals surface area contributed by atoms with Crippen LogP contribution in [0.4, 0.5) is 10.5 Å². The molecule has 6 heteroatoms. The van der Waals surface area contributed by atoms with E-state index in [2.05, 4.69) is 22.6 Å². The van der Waals surface area contributed by atoms with Crippen molar-refractivity contribution in [3.05, 3.63) is 29.8 Å². The summed E-state index contributed by atoms with van der Waals surface area (Å²) in [5.74, 6) is -0.598. The Balaban J connectivity index is 1.87. The van der Waals surface area contributed by atoms with Crippen LogP contribution in [-0.4, -0.2) is 48.7 Å². The molecule has 1 unspecified atom stereocenters. The fourth-order valence-electron chi connectivity index (χ4n) is 2.38. The summed E-state index contributed by atoms with van der Waals surface area (Å²) in [7, 11) is 2.06. The van der Waals surface area contributed by atoms with Gasteiger partial charge in [0.2, 0.25) is 0 Å². The first-order valence-corrected chi connectivity index (χ1v) is 6.62. The number of carboxylic acids is 1. The Labute approximate surface area is 117 Å². The molecule has 0 aromatic heterocycles. The topological polar surface area (TPSA) is 81.7 Å². The summed E-state index contributed by atoms with van der Waals surface area (Å²) >= 11 is 0. The number of hydrogen-bond donors (Lipinski definition) is 3. The Bertz CT molecular complexity index is 504. The van der Waals surface area contributed by atoms with Gasteiger partial charge in [0.15, 0.2) is 0 Å². The number of anilines is 1. The average Bonchev–Trinajstić information content (AvgIpc) is 2.83. The van der Waals surface area contributed by atoms with E-state index in [0.717, 1.165) is 19.5 Å². The van der Waals surface area contributed by atoms with E-state index in [4.69, 9.17) is 5.11 Å². The van der Waals surface area contributed by atoms with E-state index in [1.165, 1.54) is 6.07 Å². The molecule has 1 atom stereocenters. The van der Waals surface area contributed by atoms with Crippen molar-refractivity contribution in [3.63, 3.8) is 0 Å². The highest BCUT2D eigenvalue weighted by atomic mass is 16.4. The first-order chi connectivity index (χ1) is 9.56. The monoisotopic (exact) mass is 277 g/mol. The van der Waals surface area contributed by atoms with Gasteiger partial charge < -0.3 is 20.6 Å². The average molecular weight is 277 g/mol. The summed E-state index contributed by atoms with van der Waals surface area (Å²) in [4.78, 5) is 25.1. The van der Waals surface area contributed by atoms with Gasteiger partial charge in [-0.25, -0.2) is 9.59 Å². The maximum Gasteiger partial charge on any atom is 0.337 e. The zero-order valence-corrected chi connectivity index (χ0v) is 11.4. The smallest absolute Gasteiger partial charge is 0.337 e. The summed E-state index contributed by atoms with van der Waals surface area (Å²) in [6.07, 6.45) is 1.07. The number of nitrogens with one attached hydrogen (secondary N) is 2. The fraction of sp³-hybridized carbons (Fsp3) is 0.429. The molecule has 1 aromatic rings. The molecule has 0 bridgehead atoms. The van der Waals surface area contributed by atoms with Gasteiger partial charge in [-0.1, -0.05) is 12.1 Å². The van der Waals surface area contributed by atoms with E-state index in [9.17, 15) is 9.59 Å². The Morgan fingerprint density at radius 3 is 2.80 bits per heavy atom. The maximum atomic E-state index is 11.8. The number of urea groups is 1. The van der Waals surface area contributed by atoms with E-state index in [0.29, 0.717) is 18.2 Å². The molecule has 0 spiro atoms. The van der Waals surface area contributed by atoms with Gasteiger partial charge in [-0.3, -0.25) is 0 Å². The van der Waals surface area contributed by atoms with Crippen LogP contribution in [-0.2, 0) is 0 Å². The van der Waals surface area contributed by atoms with E-state index < -0.39 is 5.97 Å². The minimum absolute atomic E-state index is 0.0863. The maximum absolute atomic E-state index is 11.8. The Morgan fingerprint density at radius 1 is 1.40 bits per heavy atom. The second-order valence-corrected chi connectivity index (χ2v) is 5.10. The number of hydrogen-bond acceptors (Lipinski definition) is 3. The zero-order valence-electron chi connectivity index (χ0n) is 11.4. The first kappa shape index (κ1) is 14.3. The molecule has 1 saturated heterocycles. The number of rotatable bonds is 4. The van der Waals surface area contributed by atoms with Crippen LogP contribution in [0, 0.1) is 5.92 Å². The lowest BCUT2D eigenvalue weighted by atomic mass is 10.1. The number of carbonyl (C=O) groups is 2.